The maximum atomic E-state index is 6.33. The molecule has 0 spiro atoms. The maximum absolute atomic E-state index is 6.33. The average molecular weight is 380 g/mol. The largest absolute Gasteiger partial charge is 0.486 e. The minimum atomic E-state index is 0.195. The summed E-state index contributed by atoms with van der Waals surface area (Å²) < 4.78 is 8.29. The van der Waals surface area contributed by atoms with Crippen LogP contribution in [0.1, 0.15) is 37.8 Å². The molecule has 2 aromatic heterocycles. The number of anilines is 1. The number of aromatic nitrogens is 3. The van der Waals surface area contributed by atoms with Crippen LogP contribution < -0.4 is 15.0 Å². The number of nitrogens with one attached hydrogen (secondary N) is 1. The molecule has 0 saturated carbocycles. The van der Waals surface area contributed by atoms with Crippen molar-refractivity contribution < 1.29 is 4.74 Å². The van der Waals surface area contributed by atoms with Gasteiger partial charge in [-0.15, -0.1) is 0 Å². The van der Waals surface area contributed by atoms with Crippen LogP contribution >= 0.6 is 0 Å². The molecule has 0 unspecified atom stereocenters. The number of hydrogen-bond acceptors (Lipinski definition) is 5. The highest BCUT2D eigenvalue weighted by molar-refractivity contribution is 5.56. The molecule has 6 nitrogen and oxygen atoms in total. The fraction of sp³-hybridized carbons (Fsp3) is 0.455. The summed E-state index contributed by atoms with van der Waals surface area (Å²) >= 11 is 0. The maximum Gasteiger partial charge on any atom is 0.157 e. The van der Waals surface area contributed by atoms with Crippen LogP contribution in [0.2, 0.25) is 0 Å². The Balaban J connectivity index is 1.50. The average Bonchev–Trinajstić information content (AvgIpc) is 3.14. The Bertz CT molecular complexity index is 930. The molecule has 0 radical (unpaired) electrons. The smallest absolute Gasteiger partial charge is 0.157 e. The lowest BCUT2D eigenvalue weighted by Crippen LogP contribution is -2.55. The minimum absolute atomic E-state index is 0.195. The third-order valence-corrected chi connectivity index (χ3v) is 5.27. The highest BCUT2D eigenvalue weighted by Gasteiger charge is 2.32. The quantitative estimate of drug-likeness (QED) is 0.609. The molecular weight excluding hydrogens is 350 g/mol. The molecule has 3 aromatic rings. The van der Waals surface area contributed by atoms with Gasteiger partial charge in [-0.2, -0.15) is 9.61 Å². The van der Waals surface area contributed by atoms with Gasteiger partial charge >= 0.3 is 0 Å². The van der Waals surface area contributed by atoms with Gasteiger partial charge in [-0.05, 0) is 37.1 Å². The predicted octanol–water partition coefficient (Wildman–Crippen LogP) is 3.27. The summed E-state index contributed by atoms with van der Waals surface area (Å²) in [6, 6.07) is 10.3. The van der Waals surface area contributed by atoms with Crippen LogP contribution in [0.25, 0.3) is 5.65 Å². The molecule has 6 heteroatoms. The fourth-order valence-corrected chi connectivity index (χ4v) is 3.74. The molecular formula is C22H29N5O. The second kappa shape index (κ2) is 8.19. The molecule has 1 fully saturated rings. The van der Waals surface area contributed by atoms with Crippen molar-refractivity contribution >= 4 is 11.5 Å². The summed E-state index contributed by atoms with van der Waals surface area (Å²) in [5.74, 6) is 2.60. The standard InChI is InChI=1S/C22H29N5O/c1-4-23-11-9-17-13-24-21-10-12-25-27(21)22(17)26-14-18(15-26)28-20-8-6-5-7-19(20)16(2)3/h5-8,10,12-13,16,18,23H,4,9,11,14-15H2,1-3H3. The monoisotopic (exact) mass is 379 g/mol. The first-order valence-corrected chi connectivity index (χ1v) is 10.2. The van der Waals surface area contributed by atoms with Gasteiger partial charge in [-0.3, -0.25) is 0 Å². The Hall–Kier alpha value is -2.60. The van der Waals surface area contributed by atoms with E-state index in [4.69, 9.17) is 4.74 Å². The molecule has 1 saturated heterocycles. The molecule has 1 N–H and O–H groups in total. The number of hydrogen-bond donors (Lipinski definition) is 1. The van der Waals surface area contributed by atoms with Gasteiger partial charge < -0.3 is 15.0 Å². The zero-order valence-corrected chi connectivity index (χ0v) is 16.9. The summed E-state index contributed by atoms with van der Waals surface area (Å²) in [5, 5.41) is 7.91. The molecule has 1 aromatic carbocycles. The van der Waals surface area contributed by atoms with Gasteiger partial charge in [-0.25, -0.2) is 4.98 Å². The van der Waals surface area contributed by atoms with E-state index >= 15 is 0 Å². The minimum Gasteiger partial charge on any atom is -0.486 e. The van der Waals surface area contributed by atoms with Crippen molar-refractivity contribution in [2.75, 3.05) is 31.1 Å². The molecule has 148 valence electrons. The number of ether oxygens (including phenoxy) is 1. The molecule has 3 heterocycles. The summed E-state index contributed by atoms with van der Waals surface area (Å²) in [5.41, 5.74) is 3.38. The molecule has 1 aliphatic heterocycles. The van der Waals surface area contributed by atoms with Crippen LogP contribution in [0.3, 0.4) is 0 Å². The van der Waals surface area contributed by atoms with Crippen LogP contribution in [-0.2, 0) is 6.42 Å². The van der Waals surface area contributed by atoms with Crippen LogP contribution in [0.15, 0.2) is 42.7 Å². The van der Waals surface area contributed by atoms with E-state index in [0.29, 0.717) is 5.92 Å². The van der Waals surface area contributed by atoms with E-state index in [1.54, 1.807) is 0 Å². The number of benzene rings is 1. The van der Waals surface area contributed by atoms with Crippen molar-refractivity contribution in [1.82, 2.24) is 19.9 Å². The molecule has 28 heavy (non-hydrogen) atoms. The van der Waals surface area contributed by atoms with Crippen molar-refractivity contribution in [3.8, 4) is 5.75 Å². The number of fused-ring (bicyclic) bond motifs is 1. The second-order valence-corrected chi connectivity index (χ2v) is 7.65. The SMILES string of the molecule is CCNCCc1cnc2ccnn2c1N1CC(Oc2ccccc2C(C)C)C1. The van der Waals surface area contributed by atoms with Crippen LogP contribution in [0.4, 0.5) is 5.82 Å². The summed E-state index contributed by atoms with van der Waals surface area (Å²) in [4.78, 5) is 6.91. The van der Waals surface area contributed by atoms with Crippen molar-refractivity contribution in [3.05, 3.63) is 53.9 Å². The molecule has 0 amide bonds. The molecule has 0 bridgehead atoms. The Kier molecular flexibility index (Phi) is 5.48. The topological polar surface area (TPSA) is 54.7 Å². The normalized spacial score (nSPS) is 14.6. The Morgan fingerprint density at radius 1 is 1.21 bits per heavy atom. The Labute approximate surface area is 166 Å². The first-order chi connectivity index (χ1) is 13.7. The first kappa shape index (κ1) is 18.7. The molecule has 0 aliphatic carbocycles. The van der Waals surface area contributed by atoms with Crippen LogP contribution in [-0.4, -0.2) is 46.9 Å². The second-order valence-electron chi connectivity index (χ2n) is 7.65. The van der Waals surface area contributed by atoms with Gasteiger partial charge in [0.05, 0.1) is 19.3 Å². The summed E-state index contributed by atoms with van der Waals surface area (Å²) in [6.45, 7) is 10.2. The van der Waals surface area contributed by atoms with Crippen molar-refractivity contribution in [3.63, 3.8) is 0 Å². The van der Waals surface area contributed by atoms with Gasteiger partial charge in [0.25, 0.3) is 0 Å². The van der Waals surface area contributed by atoms with Gasteiger partial charge in [0.1, 0.15) is 17.7 Å². The highest BCUT2D eigenvalue weighted by atomic mass is 16.5. The van der Waals surface area contributed by atoms with E-state index in [1.165, 1.54) is 11.1 Å². The number of rotatable bonds is 8. The Morgan fingerprint density at radius 2 is 2.04 bits per heavy atom. The van der Waals surface area contributed by atoms with Gasteiger partial charge in [0.2, 0.25) is 0 Å². The highest BCUT2D eigenvalue weighted by Crippen LogP contribution is 2.31. The lowest BCUT2D eigenvalue weighted by molar-refractivity contribution is 0.164. The molecule has 0 atom stereocenters. The third kappa shape index (κ3) is 3.69. The van der Waals surface area contributed by atoms with Crippen molar-refractivity contribution in [2.45, 2.75) is 39.2 Å². The summed E-state index contributed by atoms with van der Waals surface area (Å²) in [7, 11) is 0. The van der Waals surface area contributed by atoms with E-state index in [2.05, 4.69) is 59.3 Å². The Morgan fingerprint density at radius 3 is 2.82 bits per heavy atom. The van der Waals surface area contributed by atoms with Gasteiger partial charge in [0, 0.05) is 17.8 Å². The zero-order chi connectivity index (χ0) is 19.5. The van der Waals surface area contributed by atoms with E-state index in [9.17, 15) is 0 Å². The summed E-state index contributed by atoms with van der Waals surface area (Å²) in [6.07, 6.45) is 4.93. The van der Waals surface area contributed by atoms with E-state index < -0.39 is 0 Å². The van der Waals surface area contributed by atoms with E-state index in [0.717, 1.165) is 49.8 Å². The van der Waals surface area contributed by atoms with E-state index in [1.807, 2.05) is 29.0 Å². The predicted molar refractivity (Wildman–Crippen MR) is 112 cm³/mol. The number of nitrogens with zero attached hydrogens (tertiary/aromatic N) is 4. The van der Waals surface area contributed by atoms with Gasteiger partial charge in [0.15, 0.2) is 5.65 Å². The zero-order valence-electron chi connectivity index (χ0n) is 16.9. The van der Waals surface area contributed by atoms with Gasteiger partial charge in [-0.1, -0.05) is 39.0 Å². The number of likely N-dealkylation sites (N-methyl/N-ethyl adjacent to an activating group) is 1. The van der Waals surface area contributed by atoms with Crippen LogP contribution in [0.5, 0.6) is 5.75 Å². The molecule has 4 rings (SSSR count). The van der Waals surface area contributed by atoms with E-state index in [-0.39, 0.29) is 6.10 Å². The lowest BCUT2D eigenvalue weighted by Gasteiger charge is -2.41. The van der Waals surface area contributed by atoms with Crippen molar-refractivity contribution in [2.24, 2.45) is 0 Å². The van der Waals surface area contributed by atoms with Crippen LogP contribution in [0, 0.1) is 0 Å². The first-order valence-electron chi connectivity index (χ1n) is 10.2. The molecule has 1 aliphatic rings. The lowest BCUT2D eigenvalue weighted by atomic mass is 10.0. The fourth-order valence-electron chi connectivity index (χ4n) is 3.74. The third-order valence-electron chi connectivity index (χ3n) is 5.27. The van der Waals surface area contributed by atoms with Crippen molar-refractivity contribution in [1.29, 1.82) is 0 Å². The number of para-hydroxylation sites is 1.